The molecule has 5 atom stereocenters. The molecule has 0 spiro atoms. The Morgan fingerprint density at radius 1 is 0.833 bits per heavy atom. The van der Waals surface area contributed by atoms with Crippen molar-refractivity contribution in [3.8, 4) is 0 Å². The predicted octanol–water partition coefficient (Wildman–Crippen LogP) is -3.00. The van der Waals surface area contributed by atoms with Gasteiger partial charge in [0.1, 0.15) is 24.2 Å². The minimum Gasteiger partial charge on any atom is -0.481 e. The van der Waals surface area contributed by atoms with Gasteiger partial charge in [-0.1, -0.05) is 38.1 Å². The lowest BCUT2D eigenvalue weighted by Crippen LogP contribution is -2.60. The van der Waals surface area contributed by atoms with E-state index in [9.17, 15) is 58.8 Å². The van der Waals surface area contributed by atoms with Crippen LogP contribution in [0.4, 0.5) is 0 Å². The fourth-order valence-corrected chi connectivity index (χ4v) is 4.37. The van der Waals surface area contributed by atoms with Crippen LogP contribution in [0, 0.1) is 5.92 Å². The maximum atomic E-state index is 13.3. The zero-order chi connectivity index (χ0) is 36.9. The van der Waals surface area contributed by atoms with Crippen molar-refractivity contribution >= 4 is 47.3 Å². The zero-order valence-corrected chi connectivity index (χ0v) is 27.1. The summed E-state index contributed by atoms with van der Waals surface area (Å²) in [4.78, 5) is 98.5. The van der Waals surface area contributed by atoms with Crippen molar-refractivity contribution in [2.24, 2.45) is 11.7 Å². The molecular weight excluding hydrogens is 638 g/mol. The predicted molar refractivity (Wildman–Crippen MR) is 164 cm³/mol. The molecule has 5 amide bonds. The largest absolute Gasteiger partial charge is 0.481 e. The quantitative estimate of drug-likeness (QED) is 0.0305. The molecule has 0 aliphatic carbocycles. The number of benzene rings is 1. The maximum Gasteiger partial charge on any atom is 0.375 e. The monoisotopic (exact) mass is 681 g/mol. The fraction of sp³-hybridized carbons (Fsp3) is 0.533. The van der Waals surface area contributed by atoms with Crippen molar-refractivity contribution in [3.05, 3.63) is 35.4 Å². The number of Topliss-reactive ketones (excluding diaryl/α,β-unsaturated/α-hetero) is 1. The molecule has 266 valence electrons. The minimum atomic E-state index is -3.45. The van der Waals surface area contributed by atoms with Crippen LogP contribution in [0.3, 0.4) is 0 Å². The van der Waals surface area contributed by atoms with Crippen LogP contribution < -0.4 is 27.0 Å². The number of ether oxygens (including phenoxy) is 1. The van der Waals surface area contributed by atoms with Crippen LogP contribution in [0.15, 0.2) is 24.3 Å². The molecule has 0 heterocycles. The number of carbonyl (C=O) groups excluding carboxylic acids is 7. The third-order valence-electron chi connectivity index (χ3n) is 6.85. The SMILES string of the molecule is COC(=O)C(O)(O)C(=O)c1ccc(C[C@H](NC(C)=O)C(=O)N[C@@H](CCC(=O)O)C(=O)N[C@H](C(=O)N[C@@H](CC(C)C)C(N)=O)[C@@H](C)O)cc1. The highest BCUT2D eigenvalue weighted by Crippen LogP contribution is 2.15. The van der Waals surface area contributed by atoms with E-state index < -0.39 is 96.2 Å². The van der Waals surface area contributed by atoms with Crippen LogP contribution in [0.1, 0.15) is 62.9 Å². The number of hydrogen-bond acceptors (Lipinski definition) is 12. The minimum absolute atomic E-state index is 0.0536. The molecule has 0 radical (unpaired) electrons. The van der Waals surface area contributed by atoms with Gasteiger partial charge in [0.15, 0.2) is 0 Å². The summed E-state index contributed by atoms with van der Waals surface area (Å²) in [5.41, 5.74) is 5.38. The first kappa shape index (κ1) is 41.1. The highest BCUT2D eigenvalue weighted by Gasteiger charge is 2.44. The number of aliphatic hydroxyl groups is 3. The van der Waals surface area contributed by atoms with Gasteiger partial charge in [0, 0.05) is 25.3 Å². The van der Waals surface area contributed by atoms with Gasteiger partial charge in [-0.3, -0.25) is 33.6 Å². The molecule has 0 bridgehead atoms. The lowest BCUT2D eigenvalue weighted by Gasteiger charge is -2.27. The second-order valence-corrected chi connectivity index (χ2v) is 11.5. The lowest BCUT2D eigenvalue weighted by atomic mass is 9.98. The lowest BCUT2D eigenvalue weighted by molar-refractivity contribution is -0.189. The van der Waals surface area contributed by atoms with Gasteiger partial charge in [0.25, 0.3) is 0 Å². The van der Waals surface area contributed by atoms with Crippen LogP contribution in [-0.4, -0.2) is 111 Å². The summed E-state index contributed by atoms with van der Waals surface area (Å²) in [5.74, 6) is -12.3. The Morgan fingerprint density at radius 3 is 1.83 bits per heavy atom. The number of methoxy groups -OCH3 is 1. The Hall–Kier alpha value is -4.94. The van der Waals surface area contributed by atoms with Gasteiger partial charge >= 0.3 is 17.7 Å². The van der Waals surface area contributed by atoms with E-state index >= 15 is 0 Å². The summed E-state index contributed by atoms with van der Waals surface area (Å²) in [5, 5.41) is 48.4. The molecule has 1 aromatic carbocycles. The van der Waals surface area contributed by atoms with E-state index in [0.29, 0.717) is 5.56 Å². The molecule has 0 aromatic heterocycles. The normalized spacial score (nSPS) is 14.4. The van der Waals surface area contributed by atoms with Crippen LogP contribution >= 0.6 is 0 Å². The number of carboxylic acid groups (broad SMARTS) is 1. The number of aliphatic carboxylic acids is 1. The molecule has 0 saturated carbocycles. The summed E-state index contributed by atoms with van der Waals surface area (Å²) >= 11 is 0. The van der Waals surface area contributed by atoms with Crippen molar-refractivity contribution in [2.45, 2.75) is 89.4 Å². The number of carboxylic acids is 1. The summed E-state index contributed by atoms with van der Waals surface area (Å²) < 4.78 is 4.20. The Kier molecular flexibility index (Phi) is 15.8. The number of rotatable bonds is 19. The molecule has 0 fully saturated rings. The van der Waals surface area contributed by atoms with Gasteiger partial charge in [-0.15, -0.1) is 0 Å². The zero-order valence-electron chi connectivity index (χ0n) is 27.1. The second kappa shape index (κ2) is 18.4. The summed E-state index contributed by atoms with van der Waals surface area (Å²) in [6, 6.07) is -0.869. The van der Waals surface area contributed by atoms with E-state index in [1.54, 1.807) is 13.8 Å². The van der Waals surface area contributed by atoms with Gasteiger partial charge in [0.05, 0.1) is 13.2 Å². The Balaban J connectivity index is 3.23. The molecule has 48 heavy (non-hydrogen) atoms. The summed E-state index contributed by atoms with van der Waals surface area (Å²) in [7, 11) is 0.848. The maximum absolute atomic E-state index is 13.3. The molecule has 1 aromatic rings. The number of carbonyl (C=O) groups is 8. The van der Waals surface area contributed by atoms with Gasteiger partial charge < -0.3 is 52.2 Å². The molecule has 10 N–H and O–H groups in total. The standard InChI is InChI=1S/C30H43N5O13/c1-14(2)12-20(25(31)41)34-28(44)23(15(3)36)35-26(42)19(10-11-22(38)39)33-27(43)21(32-16(4)37)13-17-6-8-18(9-7-17)24(40)30(46,47)29(45)48-5/h6-9,14-15,19-21,23,36,46-47H,10-13H2,1-5H3,(H2,31,41)(H,32,37)(H,33,43)(H,34,44)(H,35,42)(H,38,39)/t15-,19+,20+,21+,23+/m1/s1. The van der Waals surface area contributed by atoms with E-state index in [1.807, 2.05) is 0 Å². The molecule has 18 nitrogen and oxygen atoms in total. The number of hydrogen-bond donors (Lipinski definition) is 9. The van der Waals surface area contributed by atoms with E-state index in [4.69, 9.17) is 5.73 Å². The van der Waals surface area contributed by atoms with Gasteiger partial charge in [-0.2, -0.15) is 0 Å². The van der Waals surface area contributed by atoms with Crippen molar-refractivity contribution in [2.75, 3.05) is 7.11 Å². The van der Waals surface area contributed by atoms with Crippen molar-refractivity contribution in [1.29, 1.82) is 0 Å². The third-order valence-corrected chi connectivity index (χ3v) is 6.85. The first-order chi connectivity index (χ1) is 22.2. The fourth-order valence-electron chi connectivity index (χ4n) is 4.37. The molecule has 0 saturated heterocycles. The van der Waals surface area contributed by atoms with Crippen LogP contribution in [0.2, 0.25) is 0 Å². The van der Waals surface area contributed by atoms with Crippen molar-refractivity contribution < 1.29 is 63.5 Å². The van der Waals surface area contributed by atoms with Gasteiger partial charge in [-0.25, -0.2) is 4.79 Å². The molecular formula is C30H43N5O13. The number of ketones is 1. The van der Waals surface area contributed by atoms with Gasteiger partial charge in [0.2, 0.25) is 35.3 Å². The van der Waals surface area contributed by atoms with Crippen molar-refractivity contribution in [1.82, 2.24) is 21.3 Å². The topological polar surface area (TPSA) is 301 Å². The number of esters is 1. The van der Waals surface area contributed by atoms with E-state index in [0.717, 1.165) is 26.2 Å². The Morgan fingerprint density at radius 2 is 1.38 bits per heavy atom. The first-order valence-corrected chi connectivity index (χ1v) is 14.7. The Labute approximate surface area is 275 Å². The van der Waals surface area contributed by atoms with E-state index in [1.165, 1.54) is 19.1 Å². The average molecular weight is 682 g/mol. The third kappa shape index (κ3) is 12.7. The average Bonchev–Trinajstić information content (AvgIpc) is 2.99. The van der Waals surface area contributed by atoms with Crippen LogP contribution in [0.25, 0.3) is 0 Å². The number of aliphatic hydroxyl groups excluding tert-OH is 1. The second-order valence-electron chi connectivity index (χ2n) is 11.5. The highest BCUT2D eigenvalue weighted by atomic mass is 16.6. The molecule has 0 aliphatic heterocycles. The summed E-state index contributed by atoms with van der Waals surface area (Å²) in [6.45, 7) is 5.84. The Bertz CT molecular complexity index is 1360. The van der Waals surface area contributed by atoms with Crippen molar-refractivity contribution in [3.63, 3.8) is 0 Å². The van der Waals surface area contributed by atoms with Crippen LogP contribution in [-0.2, 0) is 44.7 Å². The molecule has 0 unspecified atom stereocenters. The molecule has 0 aliphatic rings. The van der Waals surface area contributed by atoms with E-state index in [-0.39, 0.29) is 24.3 Å². The number of primary amides is 1. The number of nitrogens with one attached hydrogen (secondary N) is 4. The molecule has 18 heteroatoms. The number of nitrogens with two attached hydrogens (primary N) is 1. The van der Waals surface area contributed by atoms with E-state index in [2.05, 4.69) is 26.0 Å². The summed E-state index contributed by atoms with van der Waals surface area (Å²) in [6.07, 6.45) is -2.65. The molecule has 1 rings (SSSR count). The highest BCUT2D eigenvalue weighted by molar-refractivity contribution is 6.13. The smallest absolute Gasteiger partial charge is 0.375 e. The first-order valence-electron chi connectivity index (χ1n) is 14.7. The van der Waals surface area contributed by atoms with Gasteiger partial charge in [-0.05, 0) is 31.2 Å². The number of amides is 5. The van der Waals surface area contributed by atoms with Crippen LogP contribution in [0.5, 0.6) is 0 Å².